The van der Waals surface area contributed by atoms with Crippen LogP contribution in [0, 0.1) is 12.3 Å². The lowest BCUT2D eigenvalue weighted by Crippen LogP contribution is -2.16. The predicted octanol–water partition coefficient (Wildman–Crippen LogP) is 4.26. The number of nitrogens with zero attached hydrogens (tertiary/aromatic N) is 1. The van der Waals surface area contributed by atoms with Crippen molar-refractivity contribution in [2.45, 2.75) is 46.0 Å². The number of rotatable bonds is 2. The van der Waals surface area contributed by atoms with Gasteiger partial charge in [-0.05, 0) is 30.7 Å². The van der Waals surface area contributed by atoms with Crippen molar-refractivity contribution in [3.8, 4) is 11.1 Å². The zero-order valence-electron chi connectivity index (χ0n) is 12.5. The van der Waals surface area contributed by atoms with E-state index >= 15 is 0 Å². The monoisotopic (exact) mass is 269 g/mol. The quantitative estimate of drug-likeness (QED) is 0.855. The number of H-pyrrole nitrogens is 1. The summed E-state index contributed by atoms with van der Waals surface area (Å²) in [5.41, 5.74) is 11.2. The van der Waals surface area contributed by atoms with E-state index in [1.165, 1.54) is 36.1 Å². The van der Waals surface area contributed by atoms with Crippen LogP contribution in [0.4, 0.5) is 5.82 Å². The number of anilines is 1. The molecule has 0 radical (unpaired) electrons. The normalized spacial score (nSPS) is 21.2. The summed E-state index contributed by atoms with van der Waals surface area (Å²) in [7, 11) is 0. The second kappa shape index (κ2) is 4.65. The number of aryl methyl sites for hydroxylation is 1. The van der Waals surface area contributed by atoms with Gasteiger partial charge in [0.25, 0.3) is 0 Å². The van der Waals surface area contributed by atoms with Crippen LogP contribution in [0.5, 0.6) is 0 Å². The summed E-state index contributed by atoms with van der Waals surface area (Å²) in [6, 6.07) is 8.54. The summed E-state index contributed by atoms with van der Waals surface area (Å²) >= 11 is 0. The third kappa shape index (κ3) is 2.11. The van der Waals surface area contributed by atoms with Crippen LogP contribution in [0.15, 0.2) is 24.3 Å². The second-order valence-corrected chi connectivity index (χ2v) is 6.70. The lowest BCUT2D eigenvalue weighted by atomic mass is 9.78. The molecule has 1 aromatic carbocycles. The van der Waals surface area contributed by atoms with Crippen molar-refractivity contribution in [2.75, 3.05) is 5.73 Å². The Morgan fingerprint density at radius 1 is 1.25 bits per heavy atom. The van der Waals surface area contributed by atoms with Crippen molar-refractivity contribution in [1.29, 1.82) is 0 Å². The summed E-state index contributed by atoms with van der Waals surface area (Å²) in [4.78, 5) is 0. The van der Waals surface area contributed by atoms with Gasteiger partial charge in [0, 0.05) is 17.2 Å². The number of nitrogen functional groups attached to an aromatic ring is 1. The van der Waals surface area contributed by atoms with Crippen LogP contribution in [0.3, 0.4) is 0 Å². The highest BCUT2D eigenvalue weighted by Gasteiger charge is 2.38. The van der Waals surface area contributed by atoms with Crippen molar-refractivity contribution < 1.29 is 0 Å². The van der Waals surface area contributed by atoms with Crippen LogP contribution < -0.4 is 5.73 Å². The number of aromatic nitrogens is 2. The first-order valence-electron chi connectivity index (χ1n) is 7.40. The van der Waals surface area contributed by atoms with Crippen LogP contribution >= 0.6 is 0 Å². The zero-order valence-corrected chi connectivity index (χ0v) is 12.5. The first-order valence-corrected chi connectivity index (χ1v) is 7.40. The molecule has 3 heteroatoms. The van der Waals surface area contributed by atoms with Gasteiger partial charge in [-0.15, -0.1) is 0 Å². The molecule has 1 aliphatic rings. The number of hydrogen-bond acceptors (Lipinski definition) is 2. The highest BCUT2D eigenvalue weighted by molar-refractivity contribution is 5.77. The Balaban J connectivity index is 2.08. The van der Waals surface area contributed by atoms with Crippen molar-refractivity contribution in [2.24, 2.45) is 5.41 Å². The lowest BCUT2D eigenvalue weighted by molar-refractivity contribution is 0.328. The minimum absolute atomic E-state index is 0.318. The van der Waals surface area contributed by atoms with E-state index < -0.39 is 0 Å². The van der Waals surface area contributed by atoms with E-state index in [0.717, 1.165) is 5.56 Å². The second-order valence-electron chi connectivity index (χ2n) is 6.70. The first-order chi connectivity index (χ1) is 9.49. The van der Waals surface area contributed by atoms with E-state index in [-0.39, 0.29) is 0 Å². The average molecular weight is 269 g/mol. The molecule has 1 aliphatic carbocycles. The molecule has 2 aromatic rings. The van der Waals surface area contributed by atoms with Crippen LogP contribution in [-0.4, -0.2) is 10.2 Å². The van der Waals surface area contributed by atoms with E-state index in [1.807, 2.05) is 0 Å². The molecule has 3 rings (SSSR count). The zero-order chi connectivity index (χ0) is 14.3. The summed E-state index contributed by atoms with van der Waals surface area (Å²) < 4.78 is 0. The Kier molecular flexibility index (Phi) is 3.08. The average Bonchev–Trinajstić information content (AvgIpc) is 2.93. The van der Waals surface area contributed by atoms with E-state index in [0.29, 0.717) is 17.2 Å². The lowest BCUT2D eigenvalue weighted by Gasteiger charge is -2.27. The molecule has 0 aliphatic heterocycles. The van der Waals surface area contributed by atoms with Gasteiger partial charge in [0.05, 0.1) is 0 Å². The Bertz CT molecular complexity index is 608. The van der Waals surface area contributed by atoms with Gasteiger partial charge >= 0.3 is 0 Å². The molecule has 1 fully saturated rings. The third-order valence-electron chi connectivity index (χ3n) is 4.77. The number of benzene rings is 1. The Morgan fingerprint density at radius 3 is 2.55 bits per heavy atom. The van der Waals surface area contributed by atoms with Crippen molar-refractivity contribution in [1.82, 2.24) is 10.2 Å². The minimum atomic E-state index is 0.318. The largest absolute Gasteiger partial charge is 0.382 e. The Labute approximate surface area is 120 Å². The summed E-state index contributed by atoms with van der Waals surface area (Å²) in [5.74, 6) is 1.13. The molecule has 1 heterocycles. The molecule has 1 atom stereocenters. The van der Waals surface area contributed by atoms with E-state index in [2.05, 4.69) is 55.2 Å². The number of aromatic amines is 1. The van der Waals surface area contributed by atoms with Crippen LogP contribution in [-0.2, 0) is 0 Å². The van der Waals surface area contributed by atoms with Gasteiger partial charge in [0.2, 0.25) is 0 Å². The molecule has 20 heavy (non-hydrogen) atoms. The molecule has 1 saturated carbocycles. The van der Waals surface area contributed by atoms with E-state index in [9.17, 15) is 0 Å². The number of hydrogen-bond donors (Lipinski definition) is 2. The number of nitrogens with one attached hydrogen (secondary N) is 1. The van der Waals surface area contributed by atoms with Gasteiger partial charge in [-0.2, -0.15) is 5.10 Å². The maximum absolute atomic E-state index is 6.13. The minimum Gasteiger partial charge on any atom is -0.382 e. The molecule has 3 nitrogen and oxygen atoms in total. The molecule has 1 unspecified atom stereocenters. The van der Waals surface area contributed by atoms with E-state index in [1.54, 1.807) is 0 Å². The molecule has 0 spiro atoms. The fourth-order valence-corrected chi connectivity index (χ4v) is 3.51. The smallest absolute Gasteiger partial charge is 0.153 e. The highest BCUT2D eigenvalue weighted by atomic mass is 15.2. The number of nitrogens with two attached hydrogens (primary N) is 1. The van der Waals surface area contributed by atoms with Crippen molar-refractivity contribution in [3.63, 3.8) is 0 Å². The van der Waals surface area contributed by atoms with Gasteiger partial charge in [0.15, 0.2) is 5.82 Å². The molecular formula is C17H23N3. The Hall–Kier alpha value is -1.77. The third-order valence-corrected chi connectivity index (χ3v) is 4.77. The first kappa shape index (κ1) is 13.2. The van der Waals surface area contributed by atoms with Crippen LogP contribution in [0.25, 0.3) is 11.1 Å². The van der Waals surface area contributed by atoms with Gasteiger partial charge < -0.3 is 5.73 Å². The van der Waals surface area contributed by atoms with Gasteiger partial charge in [-0.3, -0.25) is 5.10 Å². The standard InChI is InChI=1S/C17H23N3/c1-11-6-8-12(9-7-11)14-15(19-20-16(14)18)13-5-4-10-17(13,2)3/h6-9,13H,4-5,10H2,1-3H3,(H3,18,19,20). The highest BCUT2D eigenvalue weighted by Crippen LogP contribution is 2.51. The molecule has 0 saturated heterocycles. The topological polar surface area (TPSA) is 54.7 Å². The van der Waals surface area contributed by atoms with E-state index in [4.69, 9.17) is 5.73 Å². The molecule has 0 bridgehead atoms. The molecular weight excluding hydrogens is 246 g/mol. The summed E-state index contributed by atoms with van der Waals surface area (Å²) in [6.07, 6.45) is 3.77. The van der Waals surface area contributed by atoms with Gasteiger partial charge in [0.1, 0.15) is 0 Å². The fourth-order valence-electron chi connectivity index (χ4n) is 3.51. The summed E-state index contributed by atoms with van der Waals surface area (Å²) in [5, 5.41) is 7.49. The van der Waals surface area contributed by atoms with Gasteiger partial charge in [-0.1, -0.05) is 50.1 Å². The molecule has 0 amide bonds. The molecule has 1 aromatic heterocycles. The summed E-state index contributed by atoms with van der Waals surface area (Å²) in [6.45, 7) is 6.80. The van der Waals surface area contributed by atoms with Crippen LogP contribution in [0.2, 0.25) is 0 Å². The molecule has 106 valence electrons. The van der Waals surface area contributed by atoms with Crippen LogP contribution in [0.1, 0.15) is 50.3 Å². The SMILES string of the molecule is Cc1ccc(-c2c(N)n[nH]c2C2CCCC2(C)C)cc1. The van der Waals surface area contributed by atoms with Crippen molar-refractivity contribution in [3.05, 3.63) is 35.5 Å². The maximum atomic E-state index is 6.13. The van der Waals surface area contributed by atoms with Gasteiger partial charge in [-0.25, -0.2) is 0 Å². The predicted molar refractivity (Wildman–Crippen MR) is 83.5 cm³/mol. The molecule has 3 N–H and O–H groups in total. The Morgan fingerprint density at radius 2 is 1.95 bits per heavy atom. The van der Waals surface area contributed by atoms with Crippen molar-refractivity contribution >= 4 is 5.82 Å². The fraction of sp³-hybridized carbons (Fsp3) is 0.471. The maximum Gasteiger partial charge on any atom is 0.153 e.